The highest BCUT2D eigenvalue weighted by atomic mass is 19.2. The van der Waals surface area contributed by atoms with E-state index in [9.17, 15) is 22.8 Å². The molecule has 2 heterocycles. The van der Waals surface area contributed by atoms with Crippen LogP contribution in [-0.2, 0) is 7.05 Å². The fourth-order valence-electron chi connectivity index (χ4n) is 1.93. The number of hydrogen-bond donors (Lipinski definition) is 2. The van der Waals surface area contributed by atoms with Crippen molar-refractivity contribution in [3.63, 3.8) is 0 Å². The standard InChI is InChI=1S/C12H7F3N4O2/c1-19-10-8(11(20)18-12(19)21)16-9(17-10)4-2-5(13)7(15)6(14)3-4/h2-3H,1H3,(H,16,17)(H,18,20,21). The highest BCUT2D eigenvalue weighted by Gasteiger charge is 2.16. The fourth-order valence-corrected chi connectivity index (χ4v) is 1.93. The van der Waals surface area contributed by atoms with Crippen LogP contribution in [0.1, 0.15) is 0 Å². The summed E-state index contributed by atoms with van der Waals surface area (Å²) in [7, 11) is 1.37. The average molecular weight is 296 g/mol. The summed E-state index contributed by atoms with van der Waals surface area (Å²) >= 11 is 0. The Balaban J connectivity index is 2.32. The third-order valence-corrected chi connectivity index (χ3v) is 3.01. The highest BCUT2D eigenvalue weighted by molar-refractivity contribution is 5.75. The normalized spacial score (nSPS) is 11.2. The summed E-state index contributed by atoms with van der Waals surface area (Å²) in [5, 5.41) is 0. The molecule has 0 bridgehead atoms. The summed E-state index contributed by atoms with van der Waals surface area (Å²) in [4.78, 5) is 31.6. The Morgan fingerprint density at radius 3 is 2.33 bits per heavy atom. The van der Waals surface area contributed by atoms with Crippen LogP contribution in [0, 0.1) is 17.5 Å². The first kappa shape index (κ1) is 13.2. The van der Waals surface area contributed by atoms with E-state index in [1.165, 1.54) is 7.05 Å². The maximum absolute atomic E-state index is 13.2. The molecular formula is C12H7F3N4O2. The number of aromatic amines is 2. The zero-order valence-corrected chi connectivity index (χ0v) is 10.5. The van der Waals surface area contributed by atoms with Crippen molar-refractivity contribution >= 4 is 11.2 Å². The van der Waals surface area contributed by atoms with Gasteiger partial charge in [-0.25, -0.2) is 22.9 Å². The molecule has 0 saturated carbocycles. The van der Waals surface area contributed by atoms with E-state index in [1.807, 2.05) is 0 Å². The fraction of sp³-hybridized carbons (Fsp3) is 0.0833. The van der Waals surface area contributed by atoms with Crippen molar-refractivity contribution in [2.45, 2.75) is 0 Å². The molecular weight excluding hydrogens is 289 g/mol. The first-order chi connectivity index (χ1) is 9.88. The van der Waals surface area contributed by atoms with Crippen LogP contribution in [0.5, 0.6) is 0 Å². The van der Waals surface area contributed by atoms with E-state index in [1.54, 1.807) is 0 Å². The molecule has 0 saturated heterocycles. The second-order valence-corrected chi connectivity index (χ2v) is 4.36. The van der Waals surface area contributed by atoms with Crippen molar-refractivity contribution in [2.24, 2.45) is 7.05 Å². The van der Waals surface area contributed by atoms with Crippen molar-refractivity contribution in [1.29, 1.82) is 0 Å². The maximum Gasteiger partial charge on any atom is 0.329 e. The number of H-pyrrole nitrogens is 2. The van der Waals surface area contributed by atoms with Crippen LogP contribution in [0.4, 0.5) is 13.2 Å². The third kappa shape index (κ3) is 1.93. The van der Waals surface area contributed by atoms with E-state index in [0.29, 0.717) is 0 Å². The SMILES string of the molecule is Cn1c(=O)[nH]c(=O)c2[nH]c(-c3cc(F)c(F)c(F)c3)nc21. The molecule has 2 N–H and O–H groups in total. The summed E-state index contributed by atoms with van der Waals surface area (Å²) in [6.07, 6.45) is 0. The zero-order chi connectivity index (χ0) is 15.3. The van der Waals surface area contributed by atoms with Gasteiger partial charge < -0.3 is 4.98 Å². The number of nitrogens with one attached hydrogen (secondary N) is 2. The highest BCUT2D eigenvalue weighted by Crippen LogP contribution is 2.22. The van der Waals surface area contributed by atoms with E-state index in [4.69, 9.17) is 0 Å². The zero-order valence-electron chi connectivity index (χ0n) is 10.5. The van der Waals surface area contributed by atoms with Crippen LogP contribution >= 0.6 is 0 Å². The van der Waals surface area contributed by atoms with Gasteiger partial charge in [0.2, 0.25) is 0 Å². The summed E-state index contributed by atoms with van der Waals surface area (Å²) in [5.74, 6) is -4.42. The lowest BCUT2D eigenvalue weighted by Crippen LogP contribution is -2.28. The minimum Gasteiger partial charge on any atom is -0.332 e. The van der Waals surface area contributed by atoms with Crippen molar-refractivity contribution < 1.29 is 13.2 Å². The van der Waals surface area contributed by atoms with E-state index in [2.05, 4.69) is 15.0 Å². The number of fused-ring (bicyclic) bond motifs is 1. The van der Waals surface area contributed by atoms with Gasteiger partial charge in [-0.2, -0.15) is 0 Å². The van der Waals surface area contributed by atoms with Crippen molar-refractivity contribution in [3.05, 3.63) is 50.4 Å². The van der Waals surface area contributed by atoms with Gasteiger partial charge in [-0.1, -0.05) is 0 Å². The Morgan fingerprint density at radius 2 is 1.71 bits per heavy atom. The van der Waals surface area contributed by atoms with Crippen molar-refractivity contribution in [2.75, 3.05) is 0 Å². The smallest absolute Gasteiger partial charge is 0.329 e. The Hall–Kier alpha value is -2.84. The van der Waals surface area contributed by atoms with Gasteiger partial charge in [0.1, 0.15) is 11.3 Å². The quantitative estimate of drug-likeness (QED) is 0.658. The second kappa shape index (κ2) is 4.33. The van der Waals surface area contributed by atoms with Gasteiger partial charge in [0.05, 0.1) is 0 Å². The lowest BCUT2D eigenvalue weighted by Gasteiger charge is -1.99. The molecule has 9 heteroatoms. The maximum atomic E-state index is 13.2. The van der Waals surface area contributed by atoms with Crippen LogP contribution in [-0.4, -0.2) is 19.5 Å². The monoisotopic (exact) mass is 296 g/mol. The molecule has 0 spiro atoms. The van der Waals surface area contributed by atoms with Gasteiger partial charge in [-0.15, -0.1) is 0 Å². The number of halogens is 3. The Morgan fingerprint density at radius 1 is 1.10 bits per heavy atom. The lowest BCUT2D eigenvalue weighted by molar-refractivity contribution is 0.447. The lowest BCUT2D eigenvalue weighted by atomic mass is 10.2. The van der Waals surface area contributed by atoms with Crippen molar-refractivity contribution in [1.82, 2.24) is 19.5 Å². The second-order valence-electron chi connectivity index (χ2n) is 4.36. The Labute approximate surface area is 113 Å². The Kier molecular flexibility index (Phi) is 2.71. The van der Waals surface area contributed by atoms with Crippen LogP contribution in [0.2, 0.25) is 0 Å². The minimum absolute atomic E-state index is 0.0175. The first-order valence-electron chi connectivity index (χ1n) is 5.72. The van der Waals surface area contributed by atoms with E-state index in [-0.39, 0.29) is 22.6 Å². The molecule has 0 aliphatic rings. The van der Waals surface area contributed by atoms with E-state index >= 15 is 0 Å². The largest absolute Gasteiger partial charge is 0.332 e. The van der Waals surface area contributed by atoms with Crippen molar-refractivity contribution in [3.8, 4) is 11.4 Å². The molecule has 0 aliphatic carbocycles. The molecule has 0 amide bonds. The number of imidazole rings is 1. The molecule has 0 fully saturated rings. The minimum atomic E-state index is -1.60. The summed E-state index contributed by atoms with van der Waals surface area (Å²) in [5.41, 5.74) is -1.49. The first-order valence-corrected chi connectivity index (χ1v) is 5.72. The predicted molar refractivity (Wildman–Crippen MR) is 67.3 cm³/mol. The molecule has 0 radical (unpaired) electrons. The average Bonchev–Trinajstić information content (AvgIpc) is 2.87. The molecule has 6 nitrogen and oxygen atoms in total. The molecule has 1 aromatic carbocycles. The number of aryl methyl sites for hydroxylation is 1. The van der Waals surface area contributed by atoms with Gasteiger partial charge in [0, 0.05) is 12.6 Å². The van der Waals surface area contributed by atoms with Gasteiger partial charge in [0.15, 0.2) is 23.1 Å². The van der Waals surface area contributed by atoms with Gasteiger partial charge in [-0.3, -0.25) is 14.3 Å². The number of aromatic nitrogens is 4. The molecule has 0 atom stereocenters. The third-order valence-electron chi connectivity index (χ3n) is 3.01. The number of rotatable bonds is 1. The molecule has 0 aliphatic heterocycles. The summed E-state index contributed by atoms with van der Waals surface area (Å²) < 4.78 is 40.4. The molecule has 0 unspecified atom stereocenters. The van der Waals surface area contributed by atoms with Crippen LogP contribution < -0.4 is 11.2 Å². The summed E-state index contributed by atoms with van der Waals surface area (Å²) in [6, 6.07) is 1.48. The number of hydrogen-bond acceptors (Lipinski definition) is 3. The van der Waals surface area contributed by atoms with E-state index in [0.717, 1.165) is 16.7 Å². The van der Waals surface area contributed by atoms with E-state index < -0.39 is 28.7 Å². The molecule has 3 aromatic rings. The number of benzene rings is 1. The van der Waals surface area contributed by atoms with Gasteiger partial charge in [0.25, 0.3) is 5.56 Å². The topological polar surface area (TPSA) is 83.5 Å². The summed E-state index contributed by atoms with van der Waals surface area (Å²) in [6.45, 7) is 0. The molecule has 2 aromatic heterocycles. The van der Waals surface area contributed by atoms with Crippen LogP contribution in [0.3, 0.4) is 0 Å². The Bertz CT molecular complexity index is 963. The molecule has 21 heavy (non-hydrogen) atoms. The number of nitrogens with zero attached hydrogens (tertiary/aromatic N) is 2. The van der Waals surface area contributed by atoms with Gasteiger partial charge in [-0.05, 0) is 12.1 Å². The molecule has 3 rings (SSSR count). The molecule has 108 valence electrons. The van der Waals surface area contributed by atoms with Crippen LogP contribution in [0.25, 0.3) is 22.6 Å². The van der Waals surface area contributed by atoms with Gasteiger partial charge >= 0.3 is 5.69 Å². The van der Waals surface area contributed by atoms with Crippen LogP contribution in [0.15, 0.2) is 21.7 Å². The predicted octanol–water partition coefficient (Wildman–Crippen LogP) is 1.03.